The quantitative estimate of drug-likeness (QED) is 0.305. The molecule has 0 amide bonds. The number of rotatable bonds is 4. The lowest BCUT2D eigenvalue weighted by atomic mass is 9.98. The molecule has 1 fully saturated rings. The monoisotopic (exact) mass is 493 g/mol. The predicted molar refractivity (Wildman–Crippen MR) is 143 cm³/mol. The number of piperazine rings is 1. The molecule has 1 saturated heterocycles. The molecule has 4 heterocycles. The summed E-state index contributed by atoms with van der Waals surface area (Å²) < 4.78 is 28.6. The summed E-state index contributed by atoms with van der Waals surface area (Å²) in [7, 11) is 2.15. The van der Waals surface area contributed by atoms with Gasteiger partial charge in [-0.2, -0.15) is 0 Å². The van der Waals surface area contributed by atoms with Gasteiger partial charge in [-0.1, -0.05) is 12.1 Å². The molecular formula is C30H25F2N5. The van der Waals surface area contributed by atoms with Gasteiger partial charge in [-0.05, 0) is 72.8 Å². The molecule has 2 aromatic carbocycles. The first-order chi connectivity index (χ1) is 18.0. The molecule has 0 saturated carbocycles. The van der Waals surface area contributed by atoms with Crippen LogP contribution in [0.2, 0.25) is 0 Å². The summed E-state index contributed by atoms with van der Waals surface area (Å²) >= 11 is 0. The van der Waals surface area contributed by atoms with E-state index < -0.39 is 11.6 Å². The SMILES string of the molecule is CN1CCN(c2ccc(-c3cncc(-c4cc(-c5cc(F)ccc5F)nc5ncccc45)c3)cc2)CC1. The summed E-state index contributed by atoms with van der Waals surface area (Å²) in [5.41, 5.74) is 5.77. The van der Waals surface area contributed by atoms with Gasteiger partial charge in [0.1, 0.15) is 11.6 Å². The van der Waals surface area contributed by atoms with Crippen molar-refractivity contribution in [2.45, 2.75) is 0 Å². The second-order valence-electron chi connectivity index (χ2n) is 9.35. The van der Waals surface area contributed by atoms with Crippen molar-refractivity contribution in [1.29, 1.82) is 0 Å². The lowest BCUT2D eigenvalue weighted by Crippen LogP contribution is -2.44. The number of hydrogen-bond acceptors (Lipinski definition) is 5. The average Bonchev–Trinajstić information content (AvgIpc) is 2.94. The topological polar surface area (TPSA) is 45.2 Å². The molecule has 0 atom stereocenters. The fourth-order valence-electron chi connectivity index (χ4n) is 4.80. The Kier molecular flexibility index (Phi) is 6.06. The number of hydrogen-bond donors (Lipinski definition) is 0. The Labute approximate surface area is 214 Å². The van der Waals surface area contributed by atoms with E-state index in [9.17, 15) is 8.78 Å². The van der Waals surface area contributed by atoms with Crippen LogP contribution in [0, 0.1) is 11.6 Å². The Morgan fingerprint density at radius 3 is 2.35 bits per heavy atom. The maximum absolute atomic E-state index is 14.6. The number of pyridine rings is 3. The van der Waals surface area contributed by atoms with E-state index in [0.717, 1.165) is 72.0 Å². The van der Waals surface area contributed by atoms with Gasteiger partial charge in [-0.15, -0.1) is 0 Å². The second kappa shape index (κ2) is 9.67. The first kappa shape index (κ1) is 23.2. The number of anilines is 1. The molecule has 37 heavy (non-hydrogen) atoms. The van der Waals surface area contributed by atoms with Crippen molar-refractivity contribution in [2.24, 2.45) is 0 Å². The van der Waals surface area contributed by atoms with Gasteiger partial charge in [0.2, 0.25) is 0 Å². The van der Waals surface area contributed by atoms with Crippen LogP contribution in [0.3, 0.4) is 0 Å². The highest BCUT2D eigenvalue weighted by Crippen LogP contribution is 2.34. The van der Waals surface area contributed by atoms with E-state index in [0.29, 0.717) is 11.3 Å². The molecule has 7 heteroatoms. The highest BCUT2D eigenvalue weighted by Gasteiger charge is 2.16. The minimum absolute atomic E-state index is 0.0948. The van der Waals surface area contributed by atoms with Crippen LogP contribution in [0.15, 0.2) is 85.3 Å². The van der Waals surface area contributed by atoms with Crippen molar-refractivity contribution >= 4 is 16.7 Å². The highest BCUT2D eigenvalue weighted by molar-refractivity contribution is 5.95. The number of nitrogens with zero attached hydrogens (tertiary/aromatic N) is 5. The molecule has 0 unspecified atom stereocenters. The van der Waals surface area contributed by atoms with E-state index in [2.05, 4.69) is 62.1 Å². The summed E-state index contributed by atoms with van der Waals surface area (Å²) in [4.78, 5) is 18.2. The Hall–Kier alpha value is -4.23. The second-order valence-corrected chi connectivity index (χ2v) is 9.35. The van der Waals surface area contributed by atoms with E-state index in [4.69, 9.17) is 0 Å². The lowest BCUT2D eigenvalue weighted by molar-refractivity contribution is 0.313. The Balaban J connectivity index is 1.39. The third kappa shape index (κ3) is 4.66. The molecule has 184 valence electrons. The highest BCUT2D eigenvalue weighted by atomic mass is 19.1. The van der Waals surface area contributed by atoms with Crippen LogP contribution in [-0.4, -0.2) is 53.1 Å². The fourth-order valence-corrected chi connectivity index (χ4v) is 4.80. The molecule has 0 aliphatic carbocycles. The van der Waals surface area contributed by atoms with Gasteiger partial charge in [0, 0.05) is 72.5 Å². The third-order valence-electron chi connectivity index (χ3n) is 6.91. The van der Waals surface area contributed by atoms with Crippen molar-refractivity contribution in [1.82, 2.24) is 19.9 Å². The van der Waals surface area contributed by atoms with Crippen LogP contribution in [0.25, 0.3) is 44.5 Å². The predicted octanol–water partition coefficient (Wildman–Crippen LogP) is 6.06. The summed E-state index contributed by atoms with van der Waals surface area (Å²) in [6.45, 7) is 4.16. The van der Waals surface area contributed by atoms with Crippen molar-refractivity contribution in [3.8, 4) is 33.5 Å². The number of fused-ring (bicyclic) bond motifs is 1. The molecule has 1 aliphatic rings. The van der Waals surface area contributed by atoms with Gasteiger partial charge in [0.15, 0.2) is 5.65 Å². The Bertz CT molecular complexity index is 1580. The van der Waals surface area contributed by atoms with Gasteiger partial charge in [0.05, 0.1) is 5.69 Å². The summed E-state index contributed by atoms with van der Waals surface area (Å²) in [5.74, 6) is -1.06. The standard InChI is InChI=1S/C30H25F2N5/c1-36-11-13-37(14-12-36)24-7-4-20(5-8-24)21-15-22(19-33-18-21)26-17-29(27-16-23(31)6-9-28(27)32)35-30-25(26)3-2-10-34-30/h2-10,15-19H,11-14H2,1H3. The lowest BCUT2D eigenvalue weighted by Gasteiger charge is -2.34. The van der Waals surface area contributed by atoms with E-state index in [1.807, 2.05) is 18.3 Å². The smallest absolute Gasteiger partial charge is 0.160 e. The summed E-state index contributed by atoms with van der Waals surface area (Å²) in [5, 5.41) is 0.812. The molecule has 5 nitrogen and oxygen atoms in total. The van der Waals surface area contributed by atoms with Crippen molar-refractivity contribution in [2.75, 3.05) is 38.1 Å². The molecule has 1 aliphatic heterocycles. The molecule has 0 N–H and O–H groups in total. The van der Waals surface area contributed by atoms with Crippen molar-refractivity contribution in [3.05, 3.63) is 97.0 Å². The van der Waals surface area contributed by atoms with Gasteiger partial charge in [-0.3, -0.25) is 4.98 Å². The molecule has 0 spiro atoms. The maximum atomic E-state index is 14.6. The molecular weight excluding hydrogens is 468 g/mol. The third-order valence-corrected chi connectivity index (χ3v) is 6.91. The Morgan fingerprint density at radius 1 is 0.757 bits per heavy atom. The summed E-state index contributed by atoms with van der Waals surface area (Å²) in [6.07, 6.45) is 5.25. The minimum Gasteiger partial charge on any atom is -0.369 e. The van der Waals surface area contributed by atoms with Crippen LogP contribution in [0.5, 0.6) is 0 Å². The molecule has 0 radical (unpaired) electrons. The number of benzene rings is 2. The zero-order valence-corrected chi connectivity index (χ0v) is 20.4. The van der Waals surface area contributed by atoms with Gasteiger partial charge in [0.25, 0.3) is 0 Å². The van der Waals surface area contributed by atoms with Crippen LogP contribution in [0.1, 0.15) is 0 Å². The molecule has 5 aromatic rings. The largest absolute Gasteiger partial charge is 0.369 e. The first-order valence-corrected chi connectivity index (χ1v) is 12.3. The van der Waals surface area contributed by atoms with Crippen LogP contribution in [-0.2, 0) is 0 Å². The summed E-state index contributed by atoms with van der Waals surface area (Å²) in [6, 6.07) is 19.5. The first-order valence-electron chi connectivity index (χ1n) is 12.3. The van der Waals surface area contributed by atoms with E-state index in [1.165, 1.54) is 5.69 Å². The van der Waals surface area contributed by atoms with Crippen molar-refractivity contribution < 1.29 is 8.78 Å². The van der Waals surface area contributed by atoms with Gasteiger partial charge in [-0.25, -0.2) is 18.7 Å². The van der Waals surface area contributed by atoms with Gasteiger partial charge < -0.3 is 9.80 Å². The van der Waals surface area contributed by atoms with Crippen molar-refractivity contribution in [3.63, 3.8) is 0 Å². The van der Waals surface area contributed by atoms with Crippen LogP contribution >= 0.6 is 0 Å². The number of aromatic nitrogens is 3. The number of likely N-dealkylation sites (N-methyl/N-ethyl adjacent to an activating group) is 1. The minimum atomic E-state index is -0.539. The number of halogens is 2. The van der Waals surface area contributed by atoms with E-state index >= 15 is 0 Å². The molecule has 3 aromatic heterocycles. The Morgan fingerprint density at radius 2 is 1.54 bits per heavy atom. The molecule has 6 rings (SSSR count). The van der Waals surface area contributed by atoms with E-state index in [1.54, 1.807) is 18.5 Å². The fraction of sp³-hybridized carbons (Fsp3) is 0.167. The average molecular weight is 494 g/mol. The van der Waals surface area contributed by atoms with Gasteiger partial charge >= 0.3 is 0 Å². The maximum Gasteiger partial charge on any atom is 0.160 e. The van der Waals surface area contributed by atoms with Crippen LogP contribution < -0.4 is 4.90 Å². The van der Waals surface area contributed by atoms with E-state index in [-0.39, 0.29) is 5.56 Å². The van der Waals surface area contributed by atoms with Crippen LogP contribution in [0.4, 0.5) is 14.5 Å². The zero-order chi connectivity index (χ0) is 25.4. The zero-order valence-electron chi connectivity index (χ0n) is 20.4. The molecule has 0 bridgehead atoms. The normalized spacial score (nSPS) is 14.3.